The number of aromatic nitrogens is 2. The number of oxazole rings is 1. The Labute approximate surface area is 123 Å². The molecule has 0 aliphatic rings. The molecule has 5 heteroatoms. The summed E-state index contributed by atoms with van der Waals surface area (Å²) in [5, 5.41) is 0. The second-order valence-corrected chi connectivity index (χ2v) is 5.01. The van der Waals surface area contributed by atoms with E-state index in [9.17, 15) is 0 Å². The van der Waals surface area contributed by atoms with Gasteiger partial charge in [0.1, 0.15) is 5.52 Å². The Kier molecular flexibility index (Phi) is 3.48. The van der Waals surface area contributed by atoms with Gasteiger partial charge in [-0.25, -0.2) is 0 Å². The van der Waals surface area contributed by atoms with E-state index in [-0.39, 0.29) is 0 Å². The summed E-state index contributed by atoms with van der Waals surface area (Å²) in [5.74, 6) is 0. The van der Waals surface area contributed by atoms with Crippen molar-refractivity contribution >= 4 is 22.8 Å². The van der Waals surface area contributed by atoms with Crippen molar-refractivity contribution in [1.82, 2.24) is 9.97 Å². The van der Waals surface area contributed by atoms with Gasteiger partial charge in [0.15, 0.2) is 5.58 Å². The molecule has 0 radical (unpaired) electrons. The lowest BCUT2D eigenvalue weighted by atomic mass is 10.3. The highest BCUT2D eigenvalue weighted by atomic mass is 16.4. The molecule has 0 saturated carbocycles. The first-order valence-electron chi connectivity index (χ1n) is 6.99. The first-order valence-corrected chi connectivity index (χ1v) is 6.99. The topological polar surface area (TPSA) is 68.2 Å². The second-order valence-electron chi connectivity index (χ2n) is 5.01. The molecule has 0 aliphatic carbocycles. The van der Waals surface area contributed by atoms with Crippen LogP contribution in [0.25, 0.3) is 11.1 Å². The molecule has 0 fully saturated rings. The molecule has 1 aromatic carbocycles. The number of nitrogen functional groups attached to an aromatic ring is 1. The summed E-state index contributed by atoms with van der Waals surface area (Å²) in [7, 11) is 0. The van der Waals surface area contributed by atoms with Crippen molar-refractivity contribution in [1.29, 1.82) is 0 Å². The maximum absolute atomic E-state index is 5.81. The van der Waals surface area contributed by atoms with Crippen molar-refractivity contribution in [3.05, 3.63) is 47.8 Å². The molecule has 0 aliphatic heterocycles. The van der Waals surface area contributed by atoms with Crippen LogP contribution in [0, 0.1) is 6.92 Å². The highest BCUT2D eigenvalue weighted by molar-refractivity contribution is 5.78. The lowest BCUT2D eigenvalue weighted by Crippen LogP contribution is -2.23. The summed E-state index contributed by atoms with van der Waals surface area (Å²) >= 11 is 0. The van der Waals surface area contributed by atoms with E-state index in [1.165, 1.54) is 0 Å². The minimum atomic E-state index is 0.599. The van der Waals surface area contributed by atoms with E-state index in [1.54, 1.807) is 0 Å². The molecule has 0 unspecified atom stereocenters. The van der Waals surface area contributed by atoms with Crippen LogP contribution in [-0.2, 0) is 6.54 Å². The van der Waals surface area contributed by atoms with Crippen LogP contribution in [0.5, 0.6) is 0 Å². The Morgan fingerprint density at radius 3 is 2.81 bits per heavy atom. The van der Waals surface area contributed by atoms with E-state index in [0.29, 0.717) is 18.2 Å². The quantitative estimate of drug-likeness (QED) is 0.744. The van der Waals surface area contributed by atoms with Gasteiger partial charge in [-0.15, -0.1) is 0 Å². The number of nitrogens with zero attached hydrogens (tertiary/aromatic N) is 3. The molecule has 108 valence electrons. The molecule has 0 atom stereocenters. The first-order chi connectivity index (χ1) is 10.2. The van der Waals surface area contributed by atoms with E-state index in [4.69, 9.17) is 10.2 Å². The number of rotatable bonds is 4. The molecule has 2 heterocycles. The number of hydrogen-bond acceptors (Lipinski definition) is 5. The molecule has 0 amide bonds. The minimum absolute atomic E-state index is 0.599. The number of pyridine rings is 1. The minimum Gasteiger partial charge on any atom is -0.423 e. The average molecular weight is 282 g/mol. The molecule has 5 nitrogen and oxygen atoms in total. The maximum atomic E-state index is 5.81. The number of hydrogen-bond donors (Lipinski definition) is 1. The smallest absolute Gasteiger partial charge is 0.298 e. The third-order valence-electron chi connectivity index (χ3n) is 3.35. The third kappa shape index (κ3) is 2.81. The zero-order chi connectivity index (χ0) is 14.8. The summed E-state index contributed by atoms with van der Waals surface area (Å²) in [6.07, 6.45) is 0. The number of fused-ring (bicyclic) bond motifs is 1. The van der Waals surface area contributed by atoms with Gasteiger partial charge in [-0.2, -0.15) is 4.98 Å². The highest BCUT2D eigenvalue weighted by Crippen LogP contribution is 2.24. The summed E-state index contributed by atoms with van der Waals surface area (Å²) < 4.78 is 5.81. The van der Waals surface area contributed by atoms with Gasteiger partial charge in [0.2, 0.25) is 0 Å². The molecule has 3 rings (SSSR count). The van der Waals surface area contributed by atoms with Gasteiger partial charge in [-0.05, 0) is 44.2 Å². The van der Waals surface area contributed by atoms with E-state index < -0.39 is 0 Å². The monoisotopic (exact) mass is 282 g/mol. The van der Waals surface area contributed by atoms with Gasteiger partial charge in [-0.3, -0.25) is 4.98 Å². The Morgan fingerprint density at radius 1 is 1.19 bits per heavy atom. The zero-order valence-corrected chi connectivity index (χ0v) is 12.2. The molecule has 3 aromatic rings. The summed E-state index contributed by atoms with van der Waals surface area (Å²) in [5.41, 5.74) is 9.99. The zero-order valence-electron chi connectivity index (χ0n) is 12.2. The van der Waals surface area contributed by atoms with Crippen LogP contribution in [0.15, 0.2) is 40.8 Å². The Hall–Kier alpha value is -2.56. The fourth-order valence-corrected chi connectivity index (χ4v) is 2.27. The molecular weight excluding hydrogens is 264 g/mol. The van der Waals surface area contributed by atoms with E-state index >= 15 is 0 Å². The fourth-order valence-electron chi connectivity index (χ4n) is 2.27. The van der Waals surface area contributed by atoms with Crippen LogP contribution < -0.4 is 10.6 Å². The van der Waals surface area contributed by atoms with Gasteiger partial charge < -0.3 is 15.1 Å². The van der Waals surface area contributed by atoms with Gasteiger partial charge in [0.05, 0.1) is 12.2 Å². The number of aryl methyl sites for hydroxylation is 1. The van der Waals surface area contributed by atoms with Crippen molar-refractivity contribution in [2.75, 3.05) is 17.2 Å². The SMILES string of the molecule is CCN(Cc1cccc(C)n1)c1nc2cc(N)ccc2o1. The lowest BCUT2D eigenvalue weighted by Gasteiger charge is -2.17. The predicted octanol–water partition coefficient (Wildman–Crippen LogP) is 3.14. The molecule has 21 heavy (non-hydrogen) atoms. The predicted molar refractivity (Wildman–Crippen MR) is 84.1 cm³/mol. The summed E-state index contributed by atoms with van der Waals surface area (Å²) in [6, 6.07) is 12.1. The molecule has 2 aromatic heterocycles. The van der Waals surface area contributed by atoms with Crippen LogP contribution in [0.1, 0.15) is 18.3 Å². The van der Waals surface area contributed by atoms with Gasteiger partial charge in [0, 0.05) is 17.9 Å². The van der Waals surface area contributed by atoms with Crippen molar-refractivity contribution < 1.29 is 4.42 Å². The fraction of sp³-hybridized carbons (Fsp3) is 0.250. The Bertz CT molecular complexity index is 766. The molecule has 0 saturated heterocycles. The van der Waals surface area contributed by atoms with Crippen LogP contribution in [0.2, 0.25) is 0 Å². The first kappa shape index (κ1) is 13.4. The Balaban J connectivity index is 1.90. The van der Waals surface area contributed by atoms with E-state index in [0.717, 1.165) is 29.0 Å². The van der Waals surface area contributed by atoms with Crippen molar-refractivity contribution in [2.24, 2.45) is 0 Å². The second kappa shape index (κ2) is 5.44. The lowest BCUT2D eigenvalue weighted by molar-refractivity contribution is 0.567. The number of anilines is 2. The molecule has 0 spiro atoms. The standard InChI is InChI=1S/C16H18N4O/c1-3-20(10-13-6-4-5-11(2)18-13)16-19-14-9-12(17)7-8-15(14)21-16/h4-9H,3,10,17H2,1-2H3. The Morgan fingerprint density at radius 2 is 2.05 bits per heavy atom. The van der Waals surface area contributed by atoms with Crippen molar-refractivity contribution in [3.63, 3.8) is 0 Å². The van der Waals surface area contributed by atoms with Crippen molar-refractivity contribution in [3.8, 4) is 0 Å². The molecular formula is C16H18N4O. The largest absolute Gasteiger partial charge is 0.423 e. The van der Waals surface area contributed by atoms with E-state index in [2.05, 4.69) is 21.8 Å². The van der Waals surface area contributed by atoms with Gasteiger partial charge in [0.25, 0.3) is 6.01 Å². The maximum Gasteiger partial charge on any atom is 0.298 e. The van der Waals surface area contributed by atoms with Crippen LogP contribution >= 0.6 is 0 Å². The van der Waals surface area contributed by atoms with Gasteiger partial charge >= 0.3 is 0 Å². The van der Waals surface area contributed by atoms with Gasteiger partial charge in [-0.1, -0.05) is 6.07 Å². The van der Waals surface area contributed by atoms with Crippen LogP contribution in [0.4, 0.5) is 11.7 Å². The number of nitrogens with two attached hydrogens (primary N) is 1. The molecule has 0 bridgehead atoms. The summed E-state index contributed by atoms with van der Waals surface area (Å²) in [4.78, 5) is 11.1. The average Bonchev–Trinajstić information content (AvgIpc) is 2.87. The third-order valence-corrected chi connectivity index (χ3v) is 3.35. The van der Waals surface area contributed by atoms with Crippen LogP contribution in [0.3, 0.4) is 0 Å². The number of benzene rings is 1. The summed E-state index contributed by atoms with van der Waals surface area (Å²) in [6.45, 7) is 5.51. The van der Waals surface area contributed by atoms with Crippen molar-refractivity contribution in [2.45, 2.75) is 20.4 Å². The van der Waals surface area contributed by atoms with E-state index in [1.807, 2.05) is 43.3 Å². The highest BCUT2D eigenvalue weighted by Gasteiger charge is 2.14. The normalized spacial score (nSPS) is 11.0. The van der Waals surface area contributed by atoms with Crippen LogP contribution in [-0.4, -0.2) is 16.5 Å². The molecule has 2 N–H and O–H groups in total.